The van der Waals surface area contributed by atoms with Crippen molar-refractivity contribution >= 4 is 0 Å². The van der Waals surface area contributed by atoms with Crippen LogP contribution in [0.2, 0.25) is 0 Å². The summed E-state index contributed by atoms with van der Waals surface area (Å²) in [6, 6.07) is 7.53. The molecule has 0 radical (unpaired) electrons. The molecule has 0 amide bonds. The summed E-state index contributed by atoms with van der Waals surface area (Å²) in [5, 5.41) is 3.45. The van der Waals surface area contributed by atoms with E-state index in [-0.39, 0.29) is 5.56 Å². The minimum Gasteiger partial charge on any atom is -0.314 e. The molecular formula is C14H19F2N. The molecule has 1 N–H and O–H groups in total. The average Bonchev–Trinajstić information content (AvgIpc) is 3.13. The van der Waals surface area contributed by atoms with Gasteiger partial charge >= 0.3 is 0 Å². The number of alkyl halides is 2. The lowest BCUT2D eigenvalue weighted by Gasteiger charge is -2.05. The molecule has 1 nitrogen and oxygen atoms in total. The second-order valence-electron chi connectivity index (χ2n) is 4.73. The molecule has 1 fully saturated rings. The Morgan fingerprint density at radius 3 is 2.76 bits per heavy atom. The molecule has 0 aliphatic heterocycles. The molecule has 17 heavy (non-hydrogen) atoms. The molecule has 0 aromatic heterocycles. The van der Waals surface area contributed by atoms with E-state index >= 15 is 0 Å². The molecule has 0 unspecified atom stereocenters. The highest BCUT2D eigenvalue weighted by Gasteiger charge is 2.19. The summed E-state index contributed by atoms with van der Waals surface area (Å²) in [5.41, 5.74) is 1.16. The lowest BCUT2D eigenvalue weighted by atomic mass is 10.1. The highest BCUT2D eigenvalue weighted by Crippen LogP contribution is 2.20. The molecule has 3 heteroatoms. The highest BCUT2D eigenvalue weighted by molar-refractivity contribution is 5.24. The van der Waals surface area contributed by atoms with Crippen molar-refractivity contribution in [3.63, 3.8) is 0 Å². The van der Waals surface area contributed by atoms with Crippen LogP contribution in [0.1, 0.15) is 43.2 Å². The van der Waals surface area contributed by atoms with Crippen LogP contribution in [0.15, 0.2) is 24.3 Å². The van der Waals surface area contributed by atoms with E-state index in [0.717, 1.165) is 37.4 Å². The van der Waals surface area contributed by atoms with Crippen LogP contribution in [-0.4, -0.2) is 12.6 Å². The van der Waals surface area contributed by atoms with E-state index in [2.05, 4.69) is 5.32 Å². The van der Waals surface area contributed by atoms with Crippen LogP contribution < -0.4 is 5.32 Å². The zero-order valence-electron chi connectivity index (χ0n) is 9.96. The SMILES string of the molecule is FC(F)c1cccc(CCCCNC2CC2)c1. The molecule has 0 atom stereocenters. The summed E-state index contributed by atoms with van der Waals surface area (Å²) in [7, 11) is 0. The first-order valence-corrected chi connectivity index (χ1v) is 6.36. The summed E-state index contributed by atoms with van der Waals surface area (Å²) >= 11 is 0. The van der Waals surface area contributed by atoms with E-state index in [0.29, 0.717) is 0 Å². The van der Waals surface area contributed by atoms with Crippen LogP contribution in [0.3, 0.4) is 0 Å². The first-order valence-electron chi connectivity index (χ1n) is 6.36. The number of unbranched alkanes of at least 4 members (excludes halogenated alkanes) is 1. The third-order valence-electron chi connectivity index (χ3n) is 3.11. The minimum absolute atomic E-state index is 0.138. The maximum Gasteiger partial charge on any atom is 0.263 e. The molecule has 0 bridgehead atoms. The van der Waals surface area contributed by atoms with Gasteiger partial charge in [-0.3, -0.25) is 0 Å². The molecule has 1 aliphatic rings. The smallest absolute Gasteiger partial charge is 0.263 e. The molecule has 1 saturated carbocycles. The Morgan fingerprint density at radius 1 is 1.24 bits per heavy atom. The Kier molecular flexibility index (Phi) is 4.49. The Balaban J connectivity index is 1.68. The van der Waals surface area contributed by atoms with Gasteiger partial charge in [-0.2, -0.15) is 0 Å². The van der Waals surface area contributed by atoms with Crippen LogP contribution in [0.4, 0.5) is 8.78 Å². The first-order chi connectivity index (χ1) is 8.25. The van der Waals surface area contributed by atoms with Gasteiger partial charge in [0, 0.05) is 11.6 Å². The van der Waals surface area contributed by atoms with Crippen LogP contribution in [0.25, 0.3) is 0 Å². The Bertz CT molecular complexity index is 348. The molecule has 2 rings (SSSR count). The summed E-state index contributed by atoms with van der Waals surface area (Å²) in [4.78, 5) is 0. The fraction of sp³-hybridized carbons (Fsp3) is 0.571. The standard InChI is InChI=1S/C14H19F2N/c15-14(16)12-6-3-5-11(10-12)4-1-2-9-17-13-7-8-13/h3,5-6,10,13-14,17H,1-2,4,7-9H2. The Hall–Kier alpha value is -0.960. The third-order valence-corrected chi connectivity index (χ3v) is 3.11. The Morgan fingerprint density at radius 2 is 2.06 bits per heavy atom. The molecule has 94 valence electrons. The lowest BCUT2D eigenvalue weighted by molar-refractivity contribution is 0.151. The van der Waals surface area contributed by atoms with Crippen LogP contribution in [0, 0.1) is 0 Å². The number of hydrogen-bond acceptors (Lipinski definition) is 1. The molecule has 1 aliphatic carbocycles. The normalized spacial score (nSPS) is 15.5. The fourth-order valence-electron chi connectivity index (χ4n) is 1.93. The topological polar surface area (TPSA) is 12.0 Å². The lowest BCUT2D eigenvalue weighted by Crippen LogP contribution is -2.17. The van der Waals surface area contributed by atoms with Crippen molar-refractivity contribution in [2.24, 2.45) is 0 Å². The van der Waals surface area contributed by atoms with Crippen molar-refractivity contribution in [1.82, 2.24) is 5.32 Å². The Labute approximate surface area is 101 Å². The van der Waals surface area contributed by atoms with Crippen LogP contribution in [0.5, 0.6) is 0 Å². The molecule has 0 saturated heterocycles. The average molecular weight is 239 g/mol. The molecule has 0 spiro atoms. The maximum absolute atomic E-state index is 12.5. The van der Waals surface area contributed by atoms with E-state index in [9.17, 15) is 8.78 Å². The van der Waals surface area contributed by atoms with Crippen molar-refractivity contribution in [2.45, 2.75) is 44.6 Å². The molecule has 0 heterocycles. The van der Waals surface area contributed by atoms with E-state index in [1.165, 1.54) is 18.9 Å². The van der Waals surface area contributed by atoms with Crippen molar-refractivity contribution in [3.8, 4) is 0 Å². The van der Waals surface area contributed by atoms with Crippen molar-refractivity contribution in [3.05, 3.63) is 35.4 Å². The third kappa shape index (κ3) is 4.43. The summed E-state index contributed by atoms with van der Waals surface area (Å²) in [6.45, 7) is 1.05. The second kappa shape index (κ2) is 6.10. The molecule has 1 aromatic rings. The molecular weight excluding hydrogens is 220 g/mol. The van der Waals surface area contributed by atoms with Gasteiger partial charge in [0.05, 0.1) is 0 Å². The van der Waals surface area contributed by atoms with E-state index in [1.54, 1.807) is 12.1 Å². The number of aryl methyl sites for hydroxylation is 1. The summed E-state index contributed by atoms with van der Waals surface area (Å²) < 4.78 is 25.0. The van der Waals surface area contributed by atoms with E-state index in [1.807, 2.05) is 6.07 Å². The predicted molar refractivity (Wildman–Crippen MR) is 65.4 cm³/mol. The van der Waals surface area contributed by atoms with E-state index in [4.69, 9.17) is 0 Å². The van der Waals surface area contributed by atoms with E-state index < -0.39 is 6.43 Å². The quantitative estimate of drug-likeness (QED) is 0.715. The van der Waals surface area contributed by atoms with Gasteiger partial charge < -0.3 is 5.32 Å². The molecule has 1 aromatic carbocycles. The van der Waals surface area contributed by atoms with Gasteiger partial charge in [0.2, 0.25) is 0 Å². The van der Waals surface area contributed by atoms with Gasteiger partial charge in [0.1, 0.15) is 0 Å². The first kappa shape index (κ1) is 12.5. The van der Waals surface area contributed by atoms with Gasteiger partial charge in [0.15, 0.2) is 0 Å². The maximum atomic E-state index is 12.5. The zero-order valence-corrected chi connectivity index (χ0v) is 9.96. The predicted octanol–water partition coefficient (Wildman–Crippen LogP) is 3.70. The number of halogens is 2. The summed E-state index contributed by atoms with van der Waals surface area (Å²) in [6.07, 6.45) is 3.35. The van der Waals surface area contributed by atoms with Gasteiger partial charge in [-0.1, -0.05) is 24.3 Å². The van der Waals surface area contributed by atoms with Crippen molar-refractivity contribution in [1.29, 1.82) is 0 Å². The summed E-state index contributed by atoms with van der Waals surface area (Å²) in [5.74, 6) is 0. The van der Waals surface area contributed by atoms with Crippen molar-refractivity contribution < 1.29 is 8.78 Å². The number of rotatable bonds is 7. The minimum atomic E-state index is -2.36. The van der Waals surface area contributed by atoms with Gasteiger partial charge in [-0.15, -0.1) is 0 Å². The zero-order chi connectivity index (χ0) is 12.1. The largest absolute Gasteiger partial charge is 0.314 e. The number of benzene rings is 1. The highest BCUT2D eigenvalue weighted by atomic mass is 19.3. The van der Waals surface area contributed by atoms with Crippen molar-refractivity contribution in [2.75, 3.05) is 6.54 Å². The van der Waals surface area contributed by atoms with Gasteiger partial charge in [-0.05, 0) is 44.2 Å². The number of nitrogens with one attached hydrogen (secondary N) is 1. The fourth-order valence-corrected chi connectivity index (χ4v) is 1.93. The van der Waals surface area contributed by atoms with Crippen LogP contribution >= 0.6 is 0 Å². The second-order valence-corrected chi connectivity index (χ2v) is 4.73. The number of hydrogen-bond donors (Lipinski definition) is 1. The monoisotopic (exact) mass is 239 g/mol. The van der Waals surface area contributed by atoms with Crippen LogP contribution in [-0.2, 0) is 6.42 Å². The van der Waals surface area contributed by atoms with Gasteiger partial charge in [0.25, 0.3) is 6.43 Å². The van der Waals surface area contributed by atoms with Gasteiger partial charge in [-0.25, -0.2) is 8.78 Å².